The fourth-order valence-corrected chi connectivity index (χ4v) is 2.69. The third-order valence-electron chi connectivity index (χ3n) is 4.29. The van der Waals surface area contributed by atoms with E-state index in [1.807, 2.05) is 26.8 Å². The van der Waals surface area contributed by atoms with Crippen LogP contribution in [0, 0.1) is 0 Å². The number of pyridine rings is 1. The topological polar surface area (TPSA) is 63.7 Å². The van der Waals surface area contributed by atoms with Gasteiger partial charge >= 0.3 is 6.09 Å². The van der Waals surface area contributed by atoms with Crippen LogP contribution in [-0.4, -0.2) is 47.9 Å². The van der Waals surface area contributed by atoms with Crippen LogP contribution in [0.1, 0.15) is 58.2 Å². The Bertz CT molecular complexity index is 590. The van der Waals surface area contributed by atoms with E-state index in [1.54, 1.807) is 0 Å². The van der Waals surface area contributed by atoms with E-state index in [4.69, 9.17) is 14.5 Å². The lowest BCUT2D eigenvalue weighted by molar-refractivity contribution is 0.0635. The second-order valence-corrected chi connectivity index (χ2v) is 7.93. The molecule has 140 valence electrons. The second-order valence-electron chi connectivity index (χ2n) is 7.93. The third-order valence-corrected chi connectivity index (χ3v) is 4.29. The molecular weight excluding hydrogens is 318 g/mol. The van der Waals surface area contributed by atoms with Gasteiger partial charge in [-0.05, 0) is 59.7 Å². The summed E-state index contributed by atoms with van der Waals surface area (Å²) >= 11 is 0. The fourth-order valence-electron chi connectivity index (χ4n) is 2.69. The zero-order chi connectivity index (χ0) is 18.6. The highest BCUT2D eigenvalue weighted by Crippen LogP contribution is 2.29. The molecule has 25 heavy (non-hydrogen) atoms. The van der Waals surface area contributed by atoms with Crippen molar-refractivity contribution < 1.29 is 14.3 Å². The smallest absolute Gasteiger partial charge is 0.413 e. The molecule has 1 atom stereocenters. The number of carbonyl (C=O) groups is 1. The molecule has 1 unspecified atom stereocenters. The maximum absolute atomic E-state index is 12.0. The third kappa shape index (κ3) is 5.97. The first-order valence-corrected chi connectivity index (χ1v) is 8.93. The summed E-state index contributed by atoms with van der Waals surface area (Å²) in [5, 5.41) is 2.74. The van der Waals surface area contributed by atoms with Crippen LogP contribution >= 0.6 is 0 Å². The molecule has 0 bridgehead atoms. The highest BCUT2D eigenvalue weighted by Gasteiger charge is 2.23. The van der Waals surface area contributed by atoms with Gasteiger partial charge in [0.1, 0.15) is 11.4 Å². The molecule has 0 saturated carbocycles. The van der Waals surface area contributed by atoms with Crippen molar-refractivity contribution in [1.29, 1.82) is 0 Å². The summed E-state index contributed by atoms with van der Waals surface area (Å²) in [6.07, 6.45) is 0.527. The predicted octanol–water partition coefficient (Wildman–Crippen LogP) is 3.77. The lowest BCUT2D eigenvalue weighted by atomic mass is 9.96. The van der Waals surface area contributed by atoms with Crippen LogP contribution in [0.5, 0.6) is 0 Å². The minimum absolute atomic E-state index is 0.374. The molecule has 1 aromatic rings. The van der Waals surface area contributed by atoms with Gasteiger partial charge in [-0.3, -0.25) is 10.2 Å². The molecule has 0 aromatic carbocycles. The molecule has 0 spiro atoms. The molecule has 1 aromatic heterocycles. The average molecular weight is 349 g/mol. The normalized spacial score (nSPS) is 18.0. The molecular formula is C19H31N3O3. The van der Waals surface area contributed by atoms with Crippen LogP contribution in [-0.2, 0) is 16.0 Å². The molecule has 6 heteroatoms. The molecule has 2 heterocycles. The summed E-state index contributed by atoms with van der Waals surface area (Å²) in [4.78, 5) is 18.9. The Labute approximate surface area is 150 Å². The van der Waals surface area contributed by atoms with Crippen LogP contribution in [0.15, 0.2) is 12.1 Å². The maximum atomic E-state index is 12.0. The minimum atomic E-state index is -0.536. The number of hydrogen-bond donors (Lipinski definition) is 1. The Morgan fingerprint density at radius 2 is 2.16 bits per heavy atom. The van der Waals surface area contributed by atoms with Crippen LogP contribution in [0.3, 0.4) is 0 Å². The molecule has 2 rings (SSSR count). The standard InChI is InChI=1S/C19H31N3O3/c1-13(2)22(6)11-16-15(14-9-10-24-12-14)7-8-17(20-16)21-18(23)25-19(3,4)5/h7-8,13-14H,9-12H2,1-6H3,(H,20,21,23). The van der Waals surface area contributed by atoms with E-state index in [1.165, 1.54) is 5.56 Å². The summed E-state index contributed by atoms with van der Waals surface area (Å²) in [6, 6.07) is 4.32. The van der Waals surface area contributed by atoms with E-state index < -0.39 is 11.7 Å². The monoisotopic (exact) mass is 349 g/mol. The average Bonchev–Trinajstić information content (AvgIpc) is 2.99. The molecule has 1 aliphatic rings. The van der Waals surface area contributed by atoms with Crippen molar-refractivity contribution in [2.24, 2.45) is 0 Å². The summed E-state index contributed by atoms with van der Waals surface area (Å²) in [5.74, 6) is 0.891. The Morgan fingerprint density at radius 3 is 2.72 bits per heavy atom. The van der Waals surface area contributed by atoms with E-state index in [2.05, 4.69) is 37.2 Å². The number of hydrogen-bond acceptors (Lipinski definition) is 5. The van der Waals surface area contributed by atoms with E-state index in [0.29, 0.717) is 17.8 Å². The number of anilines is 1. The molecule has 1 amide bonds. The molecule has 6 nitrogen and oxygen atoms in total. The predicted molar refractivity (Wildman–Crippen MR) is 98.9 cm³/mol. The van der Waals surface area contributed by atoms with E-state index >= 15 is 0 Å². The van der Waals surface area contributed by atoms with Crippen molar-refractivity contribution in [1.82, 2.24) is 9.88 Å². The number of aromatic nitrogens is 1. The van der Waals surface area contributed by atoms with Gasteiger partial charge in [-0.15, -0.1) is 0 Å². The lowest BCUT2D eigenvalue weighted by Crippen LogP contribution is -2.29. The molecule has 1 saturated heterocycles. The number of ether oxygens (including phenoxy) is 2. The van der Waals surface area contributed by atoms with Gasteiger partial charge in [0.05, 0.1) is 12.3 Å². The first-order valence-electron chi connectivity index (χ1n) is 8.93. The molecule has 0 aliphatic carbocycles. The van der Waals surface area contributed by atoms with E-state index in [0.717, 1.165) is 31.9 Å². The van der Waals surface area contributed by atoms with Gasteiger partial charge < -0.3 is 9.47 Å². The van der Waals surface area contributed by atoms with Crippen molar-refractivity contribution >= 4 is 11.9 Å². The van der Waals surface area contributed by atoms with Gasteiger partial charge in [-0.1, -0.05) is 6.07 Å². The van der Waals surface area contributed by atoms with Gasteiger partial charge in [-0.25, -0.2) is 9.78 Å². The second kappa shape index (κ2) is 8.15. The van der Waals surface area contributed by atoms with Crippen molar-refractivity contribution in [3.63, 3.8) is 0 Å². The number of rotatable bonds is 5. The largest absolute Gasteiger partial charge is 0.444 e. The summed E-state index contributed by atoms with van der Waals surface area (Å²) < 4.78 is 10.8. The van der Waals surface area contributed by atoms with Crippen LogP contribution in [0.25, 0.3) is 0 Å². The van der Waals surface area contributed by atoms with Gasteiger partial charge in [0, 0.05) is 25.1 Å². The van der Waals surface area contributed by atoms with Gasteiger partial charge in [-0.2, -0.15) is 0 Å². The molecule has 1 fully saturated rings. The van der Waals surface area contributed by atoms with Gasteiger partial charge in [0.2, 0.25) is 0 Å². The first kappa shape index (κ1) is 19.7. The fraction of sp³-hybridized carbons (Fsp3) is 0.684. The van der Waals surface area contributed by atoms with Crippen molar-refractivity contribution in [3.8, 4) is 0 Å². The Morgan fingerprint density at radius 1 is 1.44 bits per heavy atom. The molecule has 0 radical (unpaired) electrons. The minimum Gasteiger partial charge on any atom is -0.444 e. The highest BCUT2D eigenvalue weighted by atomic mass is 16.6. The maximum Gasteiger partial charge on any atom is 0.413 e. The molecule has 1 aliphatic heterocycles. The molecule has 1 N–H and O–H groups in total. The van der Waals surface area contributed by atoms with E-state index in [-0.39, 0.29) is 0 Å². The Kier molecular flexibility index (Phi) is 6.41. The summed E-state index contributed by atoms with van der Waals surface area (Å²) in [5.41, 5.74) is 1.66. The zero-order valence-corrected chi connectivity index (χ0v) is 16.3. The Balaban J connectivity index is 2.20. The van der Waals surface area contributed by atoms with Crippen LogP contribution in [0.2, 0.25) is 0 Å². The van der Waals surface area contributed by atoms with Crippen molar-refractivity contribution in [2.45, 2.75) is 65.1 Å². The lowest BCUT2D eigenvalue weighted by Gasteiger charge is -2.24. The summed E-state index contributed by atoms with van der Waals surface area (Å²) in [7, 11) is 2.08. The number of nitrogens with one attached hydrogen (secondary N) is 1. The first-order chi connectivity index (χ1) is 11.7. The van der Waals surface area contributed by atoms with Gasteiger partial charge in [0.25, 0.3) is 0 Å². The van der Waals surface area contributed by atoms with Crippen molar-refractivity contribution in [3.05, 3.63) is 23.4 Å². The summed E-state index contributed by atoms with van der Waals surface area (Å²) in [6.45, 7) is 12.1. The number of carbonyl (C=O) groups excluding carboxylic acids is 1. The Hall–Kier alpha value is -1.66. The van der Waals surface area contributed by atoms with Crippen LogP contribution < -0.4 is 5.32 Å². The SMILES string of the molecule is CC(C)N(C)Cc1nc(NC(=O)OC(C)(C)C)ccc1C1CCOC1. The highest BCUT2D eigenvalue weighted by molar-refractivity contribution is 5.83. The number of amides is 1. The zero-order valence-electron chi connectivity index (χ0n) is 16.3. The number of nitrogens with zero attached hydrogens (tertiary/aromatic N) is 2. The van der Waals surface area contributed by atoms with Crippen molar-refractivity contribution in [2.75, 3.05) is 25.6 Å². The van der Waals surface area contributed by atoms with Gasteiger partial charge in [0.15, 0.2) is 0 Å². The van der Waals surface area contributed by atoms with E-state index in [9.17, 15) is 4.79 Å². The van der Waals surface area contributed by atoms with Crippen LogP contribution in [0.4, 0.5) is 10.6 Å². The quantitative estimate of drug-likeness (QED) is 0.876.